The maximum Gasteiger partial charge on any atom is 0.0159 e. The molecule has 1 atom stereocenters. The van der Waals surface area contributed by atoms with E-state index in [4.69, 9.17) is 0 Å². The smallest absolute Gasteiger partial charge is 0.0159 e. The highest BCUT2D eigenvalue weighted by Crippen LogP contribution is 2.21. The van der Waals surface area contributed by atoms with Crippen LogP contribution in [0.3, 0.4) is 0 Å². The van der Waals surface area contributed by atoms with Crippen molar-refractivity contribution in [1.82, 2.24) is 5.32 Å². The summed E-state index contributed by atoms with van der Waals surface area (Å²) in [5.74, 6) is 6.66. The van der Waals surface area contributed by atoms with Crippen molar-refractivity contribution >= 4 is 0 Å². The number of rotatable bonds is 1. The van der Waals surface area contributed by atoms with Gasteiger partial charge in [-0.05, 0) is 33.2 Å². The largest absolute Gasteiger partial charge is 0.315 e. The van der Waals surface area contributed by atoms with Gasteiger partial charge in [-0.3, -0.25) is 0 Å². The Hall–Kier alpha value is -0.480. The average Bonchev–Trinajstić information content (AvgIpc) is 2.34. The Morgan fingerprint density at radius 1 is 0.765 bits per heavy atom. The number of nitrogens with one attached hydrogen (secondary N) is 1. The zero-order valence-corrected chi connectivity index (χ0v) is 11.8. The van der Waals surface area contributed by atoms with Crippen molar-refractivity contribution in [3.05, 3.63) is 0 Å². The first-order chi connectivity index (χ1) is 8.27. The standard InChI is InChI=1S/C16H29N/c1-16(17-2)14-12-10-8-6-4-3-5-7-9-11-13-15-16/h17H,3-8,10,12-15H2,1-2H3. The molecular formula is C16H29N. The van der Waals surface area contributed by atoms with Crippen molar-refractivity contribution in [3.63, 3.8) is 0 Å². The van der Waals surface area contributed by atoms with E-state index in [1.54, 1.807) is 0 Å². The molecule has 98 valence electrons. The van der Waals surface area contributed by atoms with E-state index in [-0.39, 0.29) is 0 Å². The highest BCUT2D eigenvalue weighted by Gasteiger charge is 2.20. The maximum atomic E-state index is 3.49. The molecule has 0 heterocycles. The summed E-state index contributed by atoms with van der Waals surface area (Å²) in [5.41, 5.74) is 0.304. The van der Waals surface area contributed by atoms with Gasteiger partial charge in [-0.1, -0.05) is 38.5 Å². The Morgan fingerprint density at radius 2 is 1.35 bits per heavy atom. The second-order valence-electron chi connectivity index (χ2n) is 5.64. The molecule has 0 saturated carbocycles. The fourth-order valence-corrected chi connectivity index (χ4v) is 2.50. The van der Waals surface area contributed by atoms with Gasteiger partial charge in [-0.2, -0.15) is 0 Å². The molecule has 0 radical (unpaired) electrons. The summed E-state index contributed by atoms with van der Waals surface area (Å²) in [7, 11) is 2.09. The van der Waals surface area contributed by atoms with Crippen LogP contribution in [0.2, 0.25) is 0 Å². The van der Waals surface area contributed by atoms with E-state index in [9.17, 15) is 0 Å². The first-order valence-electron chi connectivity index (χ1n) is 7.41. The summed E-state index contributed by atoms with van der Waals surface area (Å²) in [4.78, 5) is 0. The summed E-state index contributed by atoms with van der Waals surface area (Å²) in [6.07, 6.45) is 14.3. The molecule has 0 spiro atoms. The number of hydrogen-bond acceptors (Lipinski definition) is 1. The van der Waals surface area contributed by atoms with Crippen LogP contribution < -0.4 is 5.32 Å². The van der Waals surface area contributed by atoms with E-state index in [0.717, 1.165) is 12.8 Å². The van der Waals surface area contributed by atoms with Crippen LogP contribution in [0.25, 0.3) is 0 Å². The van der Waals surface area contributed by atoms with Gasteiger partial charge in [-0.15, -0.1) is 11.8 Å². The molecule has 0 bridgehead atoms. The molecule has 0 aromatic rings. The van der Waals surface area contributed by atoms with Gasteiger partial charge in [0.25, 0.3) is 0 Å². The predicted octanol–water partition coefficient (Wildman–Crippen LogP) is 4.27. The third kappa shape index (κ3) is 6.74. The molecule has 0 fully saturated rings. The van der Waals surface area contributed by atoms with Gasteiger partial charge in [0.2, 0.25) is 0 Å². The van der Waals surface area contributed by atoms with Crippen LogP contribution in [0, 0.1) is 11.8 Å². The lowest BCUT2D eigenvalue weighted by atomic mass is 9.89. The van der Waals surface area contributed by atoms with E-state index in [2.05, 4.69) is 31.1 Å². The van der Waals surface area contributed by atoms with Crippen molar-refractivity contribution in [2.45, 2.75) is 83.1 Å². The lowest BCUT2D eigenvalue weighted by Gasteiger charge is -2.28. The number of hydrogen-bond donors (Lipinski definition) is 1. The predicted molar refractivity (Wildman–Crippen MR) is 76.0 cm³/mol. The fourth-order valence-electron chi connectivity index (χ4n) is 2.50. The van der Waals surface area contributed by atoms with Crippen LogP contribution in [0.5, 0.6) is 0 Å². The molecule has 1 rings (SSSR count). The second-order valence-corrected chi connectivity index (χ2v) is 5.64. The van der Waals surface area contributed by atoms with Gasteiger partial charge < -0.3 is 5.32 Å². The zero-order chi connectivity index (χ0) is 12.4. The monoisotopic (exact) mass is 235 g/mol. The molecule has 0 aromatic heterocycles. The quantitative estimate of drug-likeness (QED) is 0.669. The van der Waals surface area contributed by atoms with Crippen LogP contribution in [0.15, 0.2) is 0 Å². The van der Waals surface area contributed by atoms with E-state index in [1.807, 2.05) is 0 Å². The Morgan fingerprint density at radius 3 is 2.06 bits per heavy atom. The summed E-state index contributed by atoms with van der Waals surface area (Å²) >= 11 is 0. The summed E-state index contributed by atoms with van der Waals surface area (Å²) < 4.78 is 0. The van der Waals surface area contributed by atoms with Crippen molar-refractivity contribution < 1.29 is 0 Å². The first-order valence-corrected chi connectivity index (χ1v) is 7.41. The van der Waals surface area contributed by atoms with Crippen molar-refractivity contribution in [2.24, 2.45) is 0 Å². The third-order valence-corrected chi connectivity index (χ3v) is 4.06. The van der Waals surface area contributed by atoms with Crippen LogP contribution in [0.1, 0.15) is 77.6 Å². The minimum atomic E-state index is 0.304. The van der Waals surface area contributed by atoms with Crippen LogP contribution in [0.4, 0.5) is 0 Å². The van der Waals surface area contributed by atoms with Crippen molar-refractivity contribution in [3.8, 4) is 11.8 Å². The first kappa shape index (κ1) is 14.6. The van der Waals surface area contributed by atoms with Gasteiger partial charge in [0.1, 0.15) is 0 Å². The van der Waals surface area contributed by atoms with E-state index >= 15 is 0 Å². The zero-order valence-electron chi connectivity index (χ0n) is 11.8. The molecule has 0 saturated heterocycles. The van der Waals surface area contributed by atoms with E-state index < -0.39 is 0 Å². The molecule has 0 aliphatic heterocycles. The highest BCUT2D eigenvalue weighted by atomic mass is 14.9. The molecule has 0 amide bonds. The van der Waals surface area contributed by atoms with Crippen molar-refractivity contribution in [1.29, 1.82) is 0 Å². The van der Waals surface area contributed by atoms with Gasteiger partial charge in [0, 0.05) is 18.4 Å². The fraction of sp³-hybridized carbons (Fsp3) is 0.875. The SMILES string of the molecule is CNC1(C)CCC#CCCCCCCCCC1. The molecule has 1 nitrogen and oxygen atoms in total. The lowest BCUT2D eigenvalue weighted by Crippen LogP contribution is -2.39. The summed E-state index contributed by atoms with van der Waals surface area (Å²) in [6, 6.07) is 0. The maximum absolute atomic E-state index is 3.49. The Balaban J connectivity index is 2.41. The van der Waals surface area contributed by atoms with Gasteiger partial charge in [0.05, 0.1) is 0 Å². The third-order valence-electron chi connectivity index (χ3n) is 4.06. The van der Waals surface area contributed by atoms with Crippen molar-refractivity contribution in [2.75, 3.05) is 7.05 Å². The molecule has 1 N–H and O–H groups in total. The van der Waals surface area contributed by atoms with Gasteiger partial charge in [0.15, 0.2) is 0 Å². The summed E-state index contributed by atoms with van der Waals surface area (Å²) in [6.45, 7) is 2.35. The highest BCUT2D eigenvalue weighted by molar-refractivity contribution is 5.00. The second kappa shape index (κ2) is 8.59. The van der Waals surface area contributed by atoms with Crippen LogP contribution in [-0.4, -0.2) is 12.6 Å². The van der Waals surface area contributed by atoms with Gasteiger partial charge in [-0.25, -0.2) is 0 Å². The summed E-state index contributed by atoms with van der Waals surface area (Å²) in [5, 5.41) is 3.49. The molecule has 1 heteroatoms. The van der Waals surface area contributed by atoms with E-state index in [0.29, 0.717) is 5.54 Å². The molecule has 0 aromatic carbocycles. The molecule has 1 aliphatic carbocycles. The molecule has 1 aliphatic rings. The minimum Gasteiger partial charge on any atom is -0.315 e. The van der Waals surface area contributed by atoms with Crippen LogP contribution in [-0.2, 0) is 0 Å². The lowest BCUT2D eigenvalue weighted by molar-refractivity contribution is 0.322. The Bertz CT molecular complexity index is 248. The van der Waals surface area contributed by atoms with E-state index in [1.165, 1.54) is 57.8 Å². The molecular weight excluding hydrogens is 206 g/mol. The normalized spacial score (nSPS) is 28.8. The molecule has 1 unspecified atom stereocenters. The molecule has 17 heavy (non-hydrogen) atoms. The Kier molecular flexibility index (Phi) is 7.37. The van der Waals surface area contributed by atoms with Gasteiger partial charge >= 0.3 is 0 Å². The minimum absolute atomic E-state index is 0.304. The topological polar surface area (TPSA) is 12.0 Å². The van der Waals surface area contributed by atoms with Crippen LogP contribution >= 0.6 is 0 Å². The average molecular weight is 235 g/mol. The Labute approximate surface area is 108 Å².